The first kappa shape index (κ1) is 23.4. The zero-order chi connectivity index (χ0) is 22.9. The van der Waals surface area contributed by atoms with Gasteiger partial charge in [0.2, 0.25) is 0 Å². The topological polar surface area (TPSA) is 73.9 Å². The van der Waals surface area contributed by atoms with Crippen molar-refractivity contribution in [3.63, 3.8) is 0 Å². The first-order valence-corrected chi connectivity index (χ1v) is 12.6. The molecule has 176 valence electrons. The summed E-state index contributed by atoms with van der Waals surface area (Å²) < 4.78 is 16.8. The first-order valence-electron chi connectivity index (χ1n) is 11.6. The van der Waals surface area contributed by atoms with E-state index < -0.39 is 18.1 Å². The molecule has 3 fully saturated rings. The quantitative estimate of drug-likeness (QED) is 0.568. The van der Waals surface area contributed by atoms with Gasteiger partial charge in [0.15, 0.2) is 0 Å². The standard InChI is InChI=1S/C25H35NO5S/c1-24(2)16-12-13-25(24,20(14-16)29-3)15-32-19-11-10-18(21(19)22(27)30-4)31-23(28)26-17-8-6-5-7-9-17/h5-9,16,18-21H,10-15H2,1-4H3,(H,26,28)/t16-,18-,19-,20-,21-,25-/m1/s1. The normalized spacial score (nSPS) is 34.9. The molecule has 0 aromatic heterocycles. The maximum atomic E-state index is 12.7. The number of benzene rings is 1. The SMILES string of the molecule is COC(=O)[C@@H]1[C@H](OC(=O)Nc2ccccc2)CC[C@H]1SC[C@]12CC[C@H](C[C@H]1OC)C2(C)C. The lowest BCUT2D eigenvalue weighted by Crippen LogP contribution is -2.43. The van der Waals surface area contributed by atoms with Gasteiger partial charge in [-0.05, 0) is 55.6 Å². The van der Waals surface area contributed by atoms with Crippen LogP contribution in [0.15, 0.2) is 30.3 Å². The molecular weight excluding hydrogens is 426 g/mol. The van der Waals surface area contributed by atoms with E-state index in [1.165, 1.54) is 20.0 Å². The van der Waals surface area contributed by atoms with Gasteiger partial charge in [-0.1, -0.05) is 32.0 Å². The van der Waals surface area contributed by atoms with Crippen LogP contribution in [0.5, 0.6) is 0 Å². The smallest absolute Gasteiger partial charge is 0.411 e. The molecule has 3 saturated carbocycles. The fraction of sp³-hybridized carbons (Fsp3) is 0.680. The Morgan fingerprint density at radius 2 is 1.88 bits per heavy atom. The lowest BCUT2D eigenvalue weighted by atomic mass is 9.69. The van der Waals surface area contributed by atoms with Crippen molar-refractivity contribution in [2.75, 3.05) is 25.3 Å². The number of ether oxygens (including phenoxy) is 3. The van der Waals surface area contributed by atoms with Gasteiger partial charge in [-0.15, -0.1) is 0 Å². The lowest BCUT2D eigenvalue weighted by Gasteiger charge is -2.42. The van der Waals surface area contributed by atoms with Gasteiger partial charge in [-0.3, -0.25) is 10.1 Å². The summed E-state index contributed by atoms with van der Waals surface area (Å²) in [6, 6.07) is 9.18. The Hall–Kier alpha value is -1.73. The lowest BCUT2D eigenvalue weighted by molar-refractivity contribution is -0.147. The molecule has 1 N–H and O–H groups in total. The number of nitrogens with one attached hydrogen (secondary N) is 1. The molecular formula is C25H35NO5S. The minimum absolute atomic E-state index is 0.0688. The molecule has 32 heavy (non-hydrogen) atoms. The summed E-state index contributed by atoms with van der Waals surface area (Å²) >= 11 is 1.85. The monoisotopic (exact) mass is 461 g/mol. The Kier molecular flexibility index (Phi) is 6.78. The number of carbonyl (C=O) groups excluding carboxylic acids is 2. The third-order valence-electron chi connectivity index (χ3n) is 8.49. The van der Waals surface area contributed by atoms with Crippen molar-refractivity contribution in [3.05, 3.63) is 30.3 Å². The summed E-state index contributed by atoms with van der Waals surface area (Å²) in [6.45, 7) is 4.77. The van der Waals surface area contributed by atoms with Crippen molar-refractivity contribution >= 4 is 29.5 Å². The number of hydrogen-bond donors (Lipinski definition) is 1. The summed E-state index contributed by atoms with van der Waals surface area (Å²) in [5, 5.41) is 2.81. The summed E-state index contributed by atoms with van der Waals surface area (Å²) in [5.41, 5.74) is 1.02. The second kappa shape index (κ2) is 9.26. The van der Waals surface area contributed by atoms with E-state index in [1.54, 1.807) is 12.1 Å². The van der Waals surface area contributed by atoms with Gasteiger partial charge < -0.3 is 14.2 Å². The third-order valence-corrected chi connectivity index (χ3v) is 10.1. The first-order chi connectivity index (χ1) is 15.3. The van der Waals surface area contributed by atoms with Crippen molar-refractivity contribution in [1.29, 1.82) is 0 Å². The number of hydrogen-bond acceptors (Lipinski definition) is 6. The fourth-order valence-electron chi connectivity index (χ4n) is 6.41. The van der Waals surface area contributed by atoms with E-state index in [4.69, 9.17) is 14.2 Å². The minimum atomic E-state index is -0.533. The largest absolute Gasteiger partial charge is 0.469 e. The number of anilines is 1. The zero-order valence-corrected chi connectivity index (χ0v) is 20.3. The molecule has 1 aromatic carbocycles. The summed E-state index contributed by atoms with van der Waals surface area (Å²) in [4.78, 5) is 25.2. The number of rotatable bonds is 7. The van der Waals surface area contributed by atoms with Crippen molar-refractivity contribution in [1.82, 2.24) is 0 Å². The van der Waals surface area contributed by atoms with E-state index in [0.717, 1.165) is 18.6 Å². The molecule has 2 bridgehead atoms. The van der Waals surface area contributed by atoms with E-state index in [2.05, 4.69) is 19.2 Å². The number of fused-ring (bicyclic) bond motifs is 2. The van der Waals surface area contributed by atoms with Gasteiger partial charge in [0.25, 0.3) is 0 Å². The molecule has 3 aliphatic carbocycles. The Labute approximate surface area is 195 Å². The predicted octanol–water partition coefficient (Wildman–Crippen LogP) is 5.13. The summed E-state index contributed by atoms with van der Waals surface area (Å²) in [5.74, 6) is 0.903. The van der Waals surface area contributed by atoms with Crippen LogP contribution in [0.4, 0.5) is 10.5 Å². The molecule has 6 nitrogen and oxygen atoms in total. The van der Waals surface area contributed by atoms with Gasteiger partial charge in [0.1, 0.15) is 12.0 Å². The van der Waals surface area contributed by atoms with E-state index in [1.807, 2.05) is 37.1 Å². The fourth-order valence-corrected chi connectivity index (χ4v) is 8.42. The molecule has 0 radical (unpaired) electrons. The molecule has 7 heteroatoms. The number of methoxy groups -OCH3 is 2. The van der Waals surface area contributed by atoms with Gasteiger partial charge in [0, 0.05) is 29.2 Å². The van der Waals surface area contributed by atoms with Crippen LogP contribution >= 0.6 is 11.8 Å². The van der Waals surface area contributed by atoms with Gasteiger partial charge >= 0.3 is 12.1 Å². The van der Waals surface area contributed by atoms with E-state index in [0.29, 0.717) is 18.0 Å². The zero-order valence-electron chi connectivity index (χ0n) is 19.5. The molecule has 6 atom stereocenters. The van der Waals surface area contributed by atoms with Crippen LogP contribution in [0.25, 0.3) is 0 Å². The third kappa shape index (κ3) is 4.03. The molecule has 1 aromatic rings. The van der Waals surface area contributed by atoms with Crippen molar-refractivity contribution < 1.29 is 23.8 Å². The van der Waals surface area contributed by atoms with Crippen LogP contribution in [0.2, 0.25) is 0 Å². The van der Waals surface area contributed by atoms with Crippen molar-refractivity contribution in [3.8, 4) is 0 Å². The molecule has 0 saturated heterocycles. The Morgan fingerprint density at radius 1 is 1.12 bits per heavy atom. The average Bonchev–Trinajstić information content (AvgIpc) is 3.36. The van der Waals surface area contributed by atoms with Crippen LogP contribution in [0, 0.1) is 22.7 Å². The maximum absolute atomic E-state index is 12.7. The molecule has 3 aliphatic rings. The molecule has 0 spiro atoms. The number of amides is 1. The maximum Gasteiger partial charge on any atom is 0.411 e. The Morgan fingerprint density at radius 3 is 2.53 bits per heavy atom. The van der Waals surface area contributed by atoms with E-state index in [-0.39, 0.29) is 28.2 Å². The molecule has 1 amide bonds. The molecule has 0 heterocycles. The van der Waals surface area contributed by atoms with Crippen molar-refractivity contribution in [2.45, 2.75) is 63.4 Å². The highest BCUT2D eigenvalue weighted by molar-refractivity contribution is 8.00. The van der Waals surface area contributed by atoms with E-state index in [9.17, 15) is 9.59 Å². The second-order valence-electron chi connectivity index (χ2n) is 9.98. The predicted molar refractivity (Wildman–Crippen MR) is 126 cm³/mol. The number of esters is 1. The summed E-state index contributed by atoms with van der Waals surface area (Å²) in [7, 11) is 3.24. The van der Waals surface area contributed by atoms with Crippen LogP contribution in [-0.4, -0.2) is 49.5 Å². The van der Waals surface area contributed by atoms with Crippen LogP contribution in [-0.2, 0) is 19.0 Å². The highest BCUT2D eigenvalue weighted by Crippen LogP contribution is 2.67. The summed E-state index contributed by atoms with van der Waals surface area (Å²) in [6.07, 6.45) is 4.29. The Balaban J connectivity index is 1.43. The highest BCUT2D eigenvalue weighted by atomic mass is 32.2. The van der Waals surface area contributed by atoms with Gasteiger partial charge in [-0.2, -0.15) is 11.8 Å². The van der Waals surface area contributed by atoms with Crippen LogP contribution < -0.4 is 5.32 Å². The Bertz CT molecular complexity index is 831. The number of thioether (sulfide) groups is 1. The van der Waals surface area contributed by atoms with Gasteiger partial charge in [0.05, 0.1) is 13.2 Å². The minimum Gasteiger partial charge on any atom is -0.469 e. The molecule has 4 rings (SSSR count). The molecule has 0 aliphatic heterocycles. The van der Waals surface area contributed by atoms with Gasteiger partial charge in [-0.25, -0.2) is 4.79 Å². The highest BCUT2D eigenvalue weighted by Gasteiger charge is 2.64. The average molecular weight is 462 g/mol. The number of carbonyl (C=O) groups is 2. The second-order valence-corrected chi connectivity index (χ2v) is 11.2. The van der Waals surface area contributed by atoms with Crippen LogP contribution in [0.3, 0.4) is 0 Å². The van der Waals surface area contributed by atoms with E-state index >= 15 is 0 Å². The number of para-hydroxylation sites is 1. The van der Waals surface area contributed by atoms with Crippen molar-refractivity contribution in [2.24, 2.45) is 22.7 Å². The van der Waals surface area contributed by atoms with Crippen LogP contribution in [0.1, 0.15) is 46.0 Å². The molecule has 0 unspecified atom stereocenters.